The van der Waals surface area contributed by atoms with Crippen molar-refractivity contribution in [1.29, 1.82) is 0 Å². The first-order chi connectivity index (χ1) is 13.5. The van der Waals surface area contributed by atoms with E-state index in [0.717, 1.165) is 38.4 Å². The summed E-state index contributed by atoms with van der Waals surface area (Å²) in [4.78, 5) is 32.2. The molecular formula is C21H27N5O2. The van der Waals surface area contributed by atoms with E-state index >= 15 is 0 Å². The van der Waals surface area contributed by atoms with Gasteiger partial charge < -0.3 is 10.6 Å². The maximum absolute atomic E-state index is 12.3. The number of hydrogen-bond donors (Lipinski definition) is 2. The van der Waals surface area contributed by atoms with Gasteiger partial charge in [0.15, 0.2) is 0 Å². The average Bonchev–Trinajstić information content (AvgIpc) is 2.66. The van der Waals surface area contributed by atoms with Crippen LogP contribution in [0.25, 0.3) is 0 Å². The van der Waals surface area contributed by atoms with Crippen LogP contribution in [0, 0.1) is 6.92 Å². The second kappa shape index (κ2) is 9.43. The number of pyridine rings is 1. The highest BCUT2D eigenvalue weighted by Crippen LogP contribution is 2.14. The number of aromatic nitrogens is 1. The van der Waals surface area contributed by atoms with Gasteiger partial charge in [0.1, 0.15) is 0 Å². The molecule has 0 aliphatic carbocycles. The highest BCUT2D eigenvalue weighted by atomic mass is 16.2. The van der Waals surface area contributed by atoms with Crippen molar-refractivity contribution in [2.24, 2.45) is 0 Å². The van der Waals surface area contributed by atoms with Crippen molar-refractivity contribution in [3.05, 3.63) is 53.9 Å². The third-order valence-corrected chi connectivity index (χ3v) is 4.86. The molecule has 3 rings (SSSR count). The van der Waals surface area contributed by atoms with E-state index in [0.29, 0.717) is 12.2 Å². The first-order valence-electron chi connectivity index (χ1n) is 9.51. The highest BCUT2D eigenvalue weighted by molar-refractivity contribution is 5.93. The van der Waals surface area contributed by atoms with Gasteiger partial charge in [0.05, 0.1) is 6.54 Å². The number of rotatable bonds is 6. The zero-order valence-electron chi connectivity index (χ0n) is 16.4. The van der Waals surface area contributed by atoms with Gasteiger partial charge in [-0.2, -0.15) is 0 Å². The third kappa shape index (κ3) is 5.87. The van der Waals surface area contributed by atoms with E-state index in [2.05, 4.69) is 32.3 Å². The molecule has 1 aromatic carbocycles. The quantitative estimate of drug-likeness (QED) is 0.801. The summed E-state index contributed by atoms with van der Waals surface area (Å²) in [7, 11) is 0. The predicted molar refractivity (Wildman–Crippen MR) is 110 cm³/mol. The van der Waals surface area contributed by atoms with Crippen LogP contribution >= 0.6 is 0 Å². The van der Waals surface area contributed by atoms with Gasteiger partial charge in [-0.25, -0.2) is 0 Å². The SMILES string of the molecule is CC(=O)Nc1ccc(NC(=O)CN2CCN(Cc3cnccc3C)CC2)cc1. The molecule has 2 amide bonds. The Kier molecular flexibility index (Phi) is 6.73. The molecule has 0 spiro atoms. The summed E-state index contributed by atoms with van der Waals surface area (Å²) in [6.07, 6.45) is 3.76. The minimum atomic E-state index is -0.116. The molecule has 1 aromatic heterocycles. The number of benzene rings is 1. The Balaban J connectivity index is 1.42. The summed E-state index contributed by atoms with van der Waals surface area (Å²) < 4.78 is 0. The van der Waals surface area contributed by atoms with Gasteiger partial charge in [-0.05, 0) is 48.4 Å². The standard InChI is InChI=1S/C21H27N5O2/c1-16-7-8-22-13-18(16)14-25-9-11-26(12-10-25)15-21(28)24-20-5-3-19(4-6-20)23-17(2)27/h3-8,13H,9-12,14-15H2,1-2H3,(H,23,27)(H,24,28). The number of carbonyl (C=O) groups excluding carboxylic acids is 2. The van der Waals surface area contributed by atoms with E-state index in [9.17, 15) is 9.59 Å². The molecule has 28 heavy (non-hydrogen) atoms. The van der Waals surface area contributed by atoms with E-state index in [-0.39, 0.29) is 11.8 Å². The molecule has 0 radical (unpaired) electrons. The molecule has 2 heterocycles. The fourth-order valence-electron chi connectivity index (χ4n) is 3.25. The Morgan fingerprint density at radius 2 is 1.57 bits per heavy atom. The van der Waals surface area contributed by atoms with Crippen LogP contribution in [-0.4, -0.2) is 59.3 Å². The van der Waals surface area contributed by atoms with Crippen molar-refractivity contribution < 1.29 is 9.59 Å². The van der Waals surface area contributed by atoms with Gasteiger partial charge in [-0.15, -0.1) is 0 Å². The van der Waals surface area contributed by atoms with Crippen LogP contribution < -0.4 is 10.6 Å². The lowest BCUT2D eigenvalue weighted by Gasteiger charge is -2.34. The van der Waals surface area contributed by atoms with Crippen molar-refractivity contribution in [1.82, 2.24) is 14.8 Å². The summed E-state index contributed by atoms with van der Waals surface area (Å²) in [5.74, 6) is -0.140. The van der Waals surface area contributed by atoms with Crippen molar-refractivity contribution >= 4 is 23.2 Å². The van der Waals surface area contributed by atoms with Crippen LogP contribution in [0.2, 0.25) is 0 Å². The first kappa shape index (κ1) is 20.0. The van der Waals surface area contributed by atoms with E-state index in [1.54, 1.807) is 24.3 Å². The molecule has 1 saturated heterocycles. The molecule has 0 atom stereocenters. The van der Waals surface area contributed by atoms with Gasteiger partial charge >= 0.3 is 0 Å². The van der Waals surface area contributed by atoms with Crippen LogP contribution in [0.4, 0.5) is 11.4 Å². The van der Waals surface area contributed by atoms with Gasteiger partial charge in [-0.1, -0.05) is 0 Å². The fourth-order valence-corrected chi connectivity index (χ4v) is 3.25. The molecule has 1 aliphatic rings. The van der Waals surface area contributed by atoms with E-state index in [1.807, 2.05) is 18.5 Å². The molecule has 7 nitrogen and oxygen atoms in total. The molecule has 0 unspecified atom stereocenters. The van der Waals surface area contributed by atoms with Crippen LogP contribution in [0.1, 0.15) is 18.1 Å². The van der Waals surface area contributed by atoms with Crippen molar-refractivity contribution in [3.63, 3.8) is 0 Å². The van der Waals surface area contributed by atoms with Crippen LogP contribution in [0.3, 0.4) is 0 Å². The second-order valence-corrected chi connectivity index (χ2v) is 7.16. The van der Waals surface area contributed by atoms with Crippen LogP contribution in [0.5, 0.6) is 0 Å². The van der Waals surface area contributed by atoms with E-state index < -0.39 is 0 Å². The first-order valence-corrected chi connectivity index (χ1v) is 9.51. The lowest BCUT2D eigenvalue weighted by atomic mass is 10.1. The number of carbonyl (C=O) groups is 2. The number of nitrogens with one attached hydrogen (secondary N) is 2. The highest BCUT2D eigenvalue weighted by Gasteiger charge is 2.19. The van der Waals surface area contributed by atoms with Crippen molar-refractivity contribution in [2.45, 2.75) is 20.4 Å². The molecule has 7 heteroatoms. The summed E-state index contributed by atoms with van der Waals surface area (Å²) in [6, 6.07) is 9.17. The Bertz CT molecular complexity index is 814. The van der Waals surface area contributed by atoms with Crippen LogP contribution in [-0.2, 0) is 16.1 Å². The molecular weight excluding hydrogens is 354 g/mol. The number of amides is 2. The molecule has 2 N–H and O–H groups in total. The monoisotopic (exact) mass is 381 g/mol. The number of aryl methyl sites for hydroxylation is 1. The third-order valence-electron chi connectivity index (χ3n) is 4.86. The molecule has 148 valence electrons. The molecule has 1 fully saturated rings. The smallest absolute Gasteiger partial charge is 0.238 e. The van der Waals surface area contributed by atoms with E-state index in [4.69, 9.17) is 0 Å². The van der Waals surface area contributed by atoms with Gasteiger partial charge in [0, 0.05) is 63.4 Å². The Morgan fingerprint density at radius 3 is 2.18 bits per heavy atom. The van der Waals surface area contributed by atoms with Gasteiger partial charge in [0.25, 0.3) is 0 Å². The largest absolute Gasteiger partial charge is 0.326 e. The maximum Gasteiger partial charge on any atom is 0.238 e. The van der Waals surface area contributed by atoms with Gasteiger partial charge in [0.2, 0.25) is 11.8 Å². The summed E-state index contributed by atoms with van der Waals surface area (Å²) in [6.45, 7) is 8.48. The van der Waals surface area contributed by atoms with Crippen molar-refractivity contribution in [3.8, 4) is 0 Å². The lowest BCUT2D eigenvalue weighted by molar-refractivity contribution is -0.117. The zero-order chi connectivity index (χ0) is 19.9. The van der Waals surface area contributed by atoms with Crippen molar-refractivity contribution in [2.75, 3.05) is 43.4 Å². The van der Waals surface area contributed by atoms with Gasteiger partial charge in [-0.3, -0.25) is 24.4 Å². The Morgan fingerprint density at radius 1 is 0.964 bits per heavy atom. The summed E-state index contributed by atoms with van der Waals surface area (Å²) in [5, 5.41) is 5.62. The number of piperazine rings is 1. The van der Waals surface area contributed by atoms with E-state index in [1.165, 1.54) is 18.1 Å². The normalized spacial score (nSPS) is 15.2. The molecule has 0 saturated carbocycles. The predicted octanol–water partition coefficient (Wildman–Crippen LogP) is 2.10. The minimum absolute atomic E-state index is 0.0242. The molecule has 2 aromatic rings. The number of anilines is 2. The Labute approximate surface area is 165 Å². The molecule has 1 aliphatic heterocycles. The number of nitrogens with zero attached hydrogens (tertiary/aromatic N) is 3. The maximum atomic E-state index is 12.3. The number of hydrogen-bond acceptors (Lipinski definition) is 5. The Hall–Kier alpha value is -2.77. The topological polar surface area (TPSA) is 77.6 Å². The lowest BCUT2D eigenvalue weighted by Crippen LogP contribution is -2.48. The van der Waals surface area contributed by atoms with Crippen LogP contribution in [0.15, 0.2) is 42.7 Å². The zero-order valence-corrected chi connectivity index (χ0v) is 16.4. The average molecular weight is 381 g/mol. The fraction of sp³-hybridized carbons (Fsp3) is 0.381. The summed E-state index contributed by atoms with van der Waals surface area (Å²) in [5.41, 5.74) is 3.97. The second-order valence-electron chi connectivity index (χ2n) is 7.16. The minimum Gasteiger partial charge on any atom is -0.326 e. The molecule has 0 bridgehead atoms. The summed E-state index contributed by atoms with van der Waals surface area (Å²) >= 11 is 0.